The lowest BCUT2D eigenvalue weighted by molar-refractivity contribution is -0.149. The van der Waals surface area contributed by atoms with Gasteiger partial charge in [0, 0.05) is 12.2 Å². The molecule has 1 aliphatic rings. The standard InChI is InChI=1S/C19H23NO3S/c1-11(2)23-19(22)14-6-5-8-20-15(14)10-13(4)16(20)17(21)18-12(3)7-9-24-18/h7,9-11,14H,5-6,8H2,1-4H3. The van der Waals surface area contributed by atoms with Crippen molar-refractivity contribution >= 4 is 23.1 Å². The highest BCUT2D eigenvalue weighted by Crippen LogP contribution is 2.34. The van der Waals surface area contributed by atoms with Gasteiger partial charge < -0.3 is 9.30 Å². The van der Waals surface area contributed by atoms with Gasteiger partial charge >= 0.3 is 5.97 Å². The zero-order valence-electron chi connectivity index (χ0n) is 14.6. The highest BCUT2D eigenvalue weighted by molar-refractivity contribution is 7.12. The number of aromatic nitrogens is 1. The van der Waals surface area contributed by atoms with Gasteiger partial charge in [0.2, 0.25) is 5.78 Å². The van der Waals surface area contributed by atoms with E-state index >= 15 is 0 Å². The zero-order chi connectivity index (χ0) is 17.4. The van der Waals surface area contributed by atoms with Crippen LogP contribution in [0.5, 0.6) is 0 Å². The Morgan fingerprint density at radius 1 is 1.29 bits per heavy atom. The zero-order valence-corrected chi connectivity index (χ0v) is 15.4. The summed E-state index contributed by atoms with van der Waals surface area (Å²) in [7, 11) is 0. The average molecular weight is 345 g/mol. The Bertz CT molecular complexity index is 785. The van der Waals surface area contributed by atoms with Gasteiger partial charge in [-0.2, -0.15) is 0 Å². The van der Waals surface area contributed by atoms with E-state index in [2.05, 4.69) is 0 Å². The van der Waals surface area contributed by atoms with Crippen molar-refractivity contribution in [3.63, 3.8) is 0 Å². The molecule has 0 amide bonds. The first-order valence-electron chi connectivity index (χ1n) is 8.39. The summed E-state index contributed by atoms with van der Waals surface area (Å²) >= 11 is 1.48. The van der Waals surface area contributed by atoms with Gasteiger partial charge in [-0.3, -0.25) is 9.59 Å². The molecule has 2 aromatic heterocycles. The minimum atomic E-state index is -0.272. The van der Waals surface area contributed by atoms with Crippen LogP contribution >= 0.6 is 11.3 Å². The Balaban J connectivity index is 2.00. The third kappa shape index (κ3) is 2.93. The summed E-state index contributed by atoms with van der Waals surface area (Å²) in [5, 5.41) is 1.95. The maximum Gasteiger partial charge on any atom is 0.315 e. The summed E-state index contributed by atoms with van der Waals surface area (Å²) in [6, 6.07) is 3.96. The SMILES string of the molecule is Cc1ccsc1C(=O)c1c(C)cc2n1CCCC2C(=O)OC(C)C. The van der Waals surface area contributed by atoms with Crippen molar-refractivity contribution < 1.29 is 14.3 Å². The molecule has 0 aromatic carbocycles. The van der Waals surface area contributed by atoms with Gasteiger partial charge in [0.1, 0.15) is 0 Å². The van der Waals surface area contributed by atoms with Gasteiger partial charge in [-0.05, 0) is 69.2 Å². The number of hydrogen-bond acceptors (Lipinski definition) is 4. The van der Waals surface area contributed by atoms with Crippen LogP contribution in [-0.4, -0.2) is 22.4 Å². The lowest BCUT2D eigenvalue weighted by Crippen LogP contribution is -2.27. The number of thiophene rings is 1. The molecule has 0 bridgehead atoms. The van der Waals surface area contributed by atoms with Gasteiger partial charge in [0.05, 0.1) is 22.6 Å². The molecule has 5 heteroatoms. The lowest BCUT2D eigenvalue weighted by atomic mass is 9.96. The van der Waals surface area contributed by atoms with Crippen molar-refractivity contribution in [1.29, 1.82) is 0 Å². The van der Waals surface area contributed by atoms with Crippen LogP contribution in [0.25, 0.3) is 0 Å². The van der Waals surface area contributed by atoms with Gasteiger partial charge in [-0.15, -0.1) is 11.3 Å². The molecule has 0 fully saturated rings. The number of carbonyl (C=O) groups excluding carboxylic acids is 2. The highest BCUT2D eigenvalue weighted by Gasteiger charge is 2.33. The molecular weight excluding hydrogens is 322 g/mol. The molecule has 1 unspecified atom stereocenters. The number of fused-ring (bicyclic) bond motifs is 1. The van der Waals surface area contributed by atoms with Crippen LogP contribution < -0.4 is 0 Å². The van der Waals surface area contributed by atoms with E-state index in [1.54, 1.807) is 0 Å². The van der Waals surface area contributed by atoms with Crippen LogP contribution in [0.1, 0.15) is 64.8 Å². The van der Waals surface area contributed by atoms with Crippen molar-refractivity contribution in [2.45, 2.75) is 59.1 Å². The molecule has 0 aliphatic carbocycles. The first kappa shape index (κ1) is 17.0. The normalized spacial score (nSPS) is 17.0. The van der Waals surface area contributed by atoms with Crippen molar-refractivity contribution in [3.05, 3.63) is 44.9 Å². The molecule has 2 aromatic rings. The number of nitrogens with zero attached hydrogens (tertiary/aromatic N) is 1. The first-order valence-corrected chi connectivity index (χ1v) is 9.27. The smallest absolute Gasteiger partial charge is 0.315 e. The molecule has 24 heavy (non-hydrogen) atoms. The molecule has 0 N–H and O–H groups in total. The van der Waals surface area contributed by atoms with E-state index < -0.39 is 0 Å². The fourth-order valence-electron chi connectivity index (χ4n) is 3.41. The van der Waals surface area contributed by atoms with Crippen LogP contribution in [0.15, 0.2) is 17.5 Å². The van der Waals surface area contributed by atoms with E-state index in [1.807, 2.05) is 49.8 Å². The number of ketones is 1. The number of carbonyl (C=O) groups is 2. The van der Waals surface area contributed by atoms with Crippen molar-refractivity contribution in [3.8, 4) is 0 Å². The van der Waals surface area contributed by atoms with Crippen LogP contribution in [0.3, 0.4) is 0 Å². The van der Waals surface area contributed by atoms with Crippen LogP contribution in [0, 0.1) is 13.8 Å². The molecule has 3 rings (SSSR count). The molecule has 0 radical (unpaired) electrons. The second-order valence-corrected chi connectivity index (χ2v) is 7.61. The van der Waals surface area contributed by atoms with Crippen LogP contribution in [-0.2, 0) is 16.1 Å². The Morgan fingerprint density at radius 3 is 2.67 bits per heavy atom. The largest absolute Gasteiger partial charge is 0.462 e. The van der Waals surface area contributed by atoms with E-state index in [0.29, 0.717) is 0 Å². The molecule has 0 saturated heterocycles. The predicted octanol–water partition coefficient (Wildman–Crippen LogP) is 4.23. The van der Waals surface area contributed by atoms with Crippen molar-refractivity contribution in [2.75, 3.05) is 0 Å². The third-order valence-corrected chi connectivity index (χ3v) is 5.49. The molecule has 4 nitrogen and oxygen atoms in total. The second kappa shape index (κ2) is 6.55. The van der Waals surface area contributed by atoms with Crippen molar-refractivity contribution in [2.24, 2.45) is 0 Å². The number of esters is 1. The number of rotatable bonds is 4. The third-order valence-electron chi connectivity index (χ3n) is 4.47. The molecule has 0 spiro atoms. The maximum atomic E-state index is 13.0. The maximum absolute atomic E-state index is 13.0. The molecule has 128 valence electrons. The Labute approximate surface area is 146 Å². The monoisotopic (exact) mass is 345 g/mol. The van der Waals surface area contributed by atoms with Gasteiger partial charge in [0.25, 0.3) is 0 Å². The molecule has 1 atom stereocenters. The number of hydrogen-bond donors (Lipinski definition) is 0. The Morgan fingerprint density at radius 2 is 2.04 bits per heavy atom. The van der Waals surface area contributed by atoms with E-state index in [-0.39, 0.29) is 23.8 Å². The van der Waals surface area contributed by atoms with E-state index in [4.69, 9.17) is 4.74 Å². The van der Waals surface area contributed by atoms with Gasteiger partial charge in [-0.25, -0.2) is 0 Å². The van der Waals surface area contributed by atoms with Crippen LogP contribution in [0.2, 0.25) is 0 Å². The lowest BCUT2D eigenvalue weighted by Gasteiger charge is -2.25. The van der Waals surface area contributed by atoms with E-state index in [1.165, 1.54) is 11.3 Å². The molecule has 0 saturated carbocycles. The Kier molecular flexibility index (Phi) is 4.63. The topological polar surface area (TPSA) is 48.3 Å². The highest BCUT2D eigenvalue weighted by atomic mass is 32.1. The fraction of sp³-hybridized carbons (Fsp3) is 0.474. The minimum Gasteiger partial charge on any atom is -0.462 e. The Hall–Kier alpha value is -1.88. The summed E-state index contributed by atoms with van der Waals surface area (Å²) in [6.07, 6.45) is 1.53. The predicted molar refractivity (Wildman–Crippen MR) is 94.9 cm³/mol. The van der Waals surface area contributed by atoms with E-state index in [9.17, 15) is 9.59 Å². The quantitative estimate of drug-likeness (QED) is 0.615. The van der Waals surface area contributed by atoms with Gasteiger partial charge in [0.15, 0.2) is 0 Å². The van der Waals surface area contributed by atoms with Gasteiger partial charge in [-0.1, -0.05) is 0 Å². The first-order chi connectivity index (χ1) is 11.4. The van der Waals surface area contributed by atoms with Crippen molar-refractivity contribution in [1.82, 2.24) is 4.57 Å². The van der Waals surface area contributed by atoms with Crippen LogP contribution in [0.4, 0.5) is 0 Å². The fourth-order valence-corrected chi connectivity index (χ4v) is 4.27. The second-order valence-electron chi connectivity index (χ2n) is 6.69. The molecule has 1 aliphatic heterocycles. The summed E-state index contributed by atoms with van der Waals surface area (Å²) in [4.78, 5) is 26.2. The summed E-state index contributed by atoms with van der Waals surface area (Å²) in [5.74, 6) is -0.398. The number of aryl methyl sites for hydroxylation is 2. The summed E-state index contributed by atoms with van der Waals surface area (Å²) in [5.41, 5.74) is 3.58. The average Bonchev–Trinajstić information content (AvgIpc) is 3.07. The summed E-state index contributed by atoms with van der Waals surface area (Å²) < 4.78 is 7.45. The molecular formula is C19H23NO3S. The summed E-state index contributed by atoms with van der Waals surface area (Å²) in [6.45, 7) is 8.41. The number of ether oxygens (including phenoxy) is 1. The minimum absolute atomic E-state index is 0.0594. The van der Waals surface area contributed by atoms with E-state index in [0.717, 1.165) is 46.8 Å². The molecule has 3 heterocycles.